The lowest BCUT2D eigenvalue weighted by Crippen LogP contribution is -2.54. The summed E-state index contributed by atoms with van der Waals surface area (Å²) < 4.78 is 11.4. The van der Waals surface area contributed by atoms with Crippen LogP contribution in [0.5, 0.6) is 5.75 Å². The Hall–Kier alpha value is -3.06. The fraction of sp³-hybridized carbons (Fsp3) is 0.440. The van der Waals surface area contributed by atoms with Gasteiger partial charge in [-0.2, -0.15) is 0 Å². The van der Waals surface area contributed by atoms with Crippen molar-refractivity contribution in [3.8, 4) is 5.75 Å². The summed E-state index contributed by atoms with van der Waals surface area (Å²) in [6, 6.07) is 16.0. The largest absolute Gasteiger partial charge is 0.477 e. The van der Waals surface area contributed by atoms with Gasteiger partial charge in [0, 0.05) is 13.1 Å². The Bertz CT molecular complexity index is 989. The van der Waals surface area contributed by atoms with Crippen molar-refractivity contribution in [2.24, 2.45) is 0 Å². The molecule has 1 aliphatic carbocycles. The maximum Gasteiger partial charge on any atom is 0.265 e. The van der Waals surface area contributed by atoms with Crippen molar-refractivity contribution < 1.29 is 19.1 Å². The zero-order valence-corrected chi connectivity index (χ0v) is 18.2. The van der Waals surface area contributed by atoms with Crippen LogP contribution in [-0.2, 0) is 20.7 Å². The molecule has 0 bridgehead atoms. The third-order valence-electron chi connectivity index (χ3n) is 6.50. The molecule has 2 aromatic rings. The standard InChI is InChI=1S/C25H29N3O4/c29-24(26-20-9-5-7-18-6-1-2-8-19(18)20)17-28-16-23(25(30)27-12-14-31-15-13-27)32-22-11-4-3-10-21(22)28/h1-4,6,8,10-11,20,23H,5,7,9,12-17H2,(H,26,29)/t20-,23-/m1/s1. The lowest BCUT2D eigenvalue weighted by Gasteiger charge is -2.38. The zero-order valence-electron chi connectivity index (χ0n) is 18.2. The van der Waals surface area contributed by atoms with Crippen LogP contribution >= 0.6 is 0 Å². The van der Waals surface area contributed by atoms with Gasteiger partial charge >= 0.3 is 0 Å². The summed E-state index contributed by atoms with van der Waals surface area (Å²) in [5.41, 5.74) is 3.38. The number of hydrogen-bond donors (Lipinski definition) is 1. The molecule has 1 N–H and O–H groups in total. The molecule has 0 aromatic heterocycles. The second-order valence-electron chi connectivity index (χ2n) is 8.60. The van der Waals surface area contributed by atoms with E-state index in [1.807, 2.05) is 35.2 Å². The number of para-hydroxylation sites is 2. The molecule has 3 aliphatic rings. The molecule has 2 aliphatic heterocycles. The summed E-state index contributed by atoms with van der Waals surface area (Å²) >= 11 is 0. The van der Waals surface area contributed by atoms with Gasteiger partial charge < -0.3 is 24.6 Å². The van der Waals surface area contributed by atoms with Crippen LogP contribution < -0.4 is 15.0 Å². The average molecular weight is 436 g/mol. The maximum absolute atomic E-state index is 13.1. The molecule has 1 fully saturated rings. The Kier molecular flexibility index (Phi) is 5.99. The highest BCUT2D eigenvalue weighted by Crippen LogP contribution is 2.34. The minimum absolute atomic E-state index is 0.0366. The summed E-state index contributed by atoms with van der Waals surface area (Å²) in [7, 11) is 0. The monoisotopic (exact) mass is 435 g/mol. The smallest absolute Gasteiger partial charge is 0.265 e. The van der Waals surface area contributed by atoms with Gasteiger partial charge in [-0.15, -0.1) is 0 Å². The second-order valence-corrected chi connectivity index (χ2v) is 8.60. The molecule has 2 amide bonds. The Morgan fingerprint density at radius 1 is 1.03 bits per heavy atom. The molecule has 32 heavy (non-hydrogen) atoms. The SMILES string of the molecule is O=C(CN1C[C@H](C(=O)N2CCOCC2)Oc2ccccc21)N[C@@H]1CCCc2ccccc21. The van der Waals surface area contributed by atoms with Crippen LogP contribution in [0.3, 0.4) is 0 Å². The molecule has 0 spiro atoms. The third-order valence-corrected chi connectivity index (χ3v) is 6.50. The van der Waals surface area contributed by atoms with Crippen LogP contribution in [0.25, 0.3) is 0 Å². The van der Waals surface area contributed by atoms with Crippen LogP contribution in [0.2, 0.25) is 0 Å². The fourth-order valence-corrected chi connectivity index (χ4v) is 4.89. The molecule has 1 saturated heterocycles. The molecule has 0 unspecified atom stereocenters. The summed E-state index contributed by atoms with van der Waals surface area (Å²) in [6.07, 6.45) is 2.44. The summed E-state index contributed by atoms with van der Waals surface area (Å²) in [4.78, 5) is 29.9. The normalized spacial score (nSPS) is 22.4. The van der Waals surface area contributed by atoms with E-state index in [9.17, 15) is 9.59 Å². The number of morpholine rings is 1. The number of hydrogen-bond acceptors (Lipinski definition) is 5. The molecule has 2 atom stereocenters. The highest BCUT2D eigenvalue weighted by molar-refractivity contribution is 5.86. The van der Waals surface area contributed by atoms with Gasteiger partial charge in [0.05, 0.1) is 38.0 Å². The summed E-state index contributed by atoms with van der Waals surface area (Å²) in [5.74, 6) is 0.552. The van der Waals surface area contributed by atoms with E-state index >= 15 is 0 Å². The van der Waals surface area contributed by atoms with Gasteiger partial charge in [0.1, 0.15) is 5.75 Å². The van der Waals surface area contributed by atoms with Gasteiger partial charge in [-0.05, 0) is 42.5 Å². The van der Waals surface area contributed by atoms with E-state index in [1.54, 1.807) is 4.90 Å². The molecular weight excluding hydrogens is 406 g/mol. The first-order valence-corrected chi connectivity index (χ1v) is 11.4. The van der Waals surface area contributed by atoms with Crippen LogP contribution in [-0.4, -0.2) is 62.2 Å². The van der Waals surface area contributed by atoms with Gasteiger partial charge in [0.15, 0.2) is 6.10 Å². The van der Waals surface area contributed by atoms with E-state index in [0.717, 1.165) is 24.9 Å². The Morgan fingerprint density at radius 3 is 2.69 bits per heavy atom. The van der Waals surface area contributed by atoms with Crippen molar-refractivity contribution >= 4 is 17.5 Å². The molecule has 0 radical (unpaired) electrons. The van der Waals surface area contributed by atoms with Crippen LogP contribution in [0.4, 0.5) is 5.69 Å². The number of benzene rings is 2. The number of fused-ring (bicyclic) bond motifs is 2. The van der Waals surface area contributed by atoms with Crippen molar-refractivity contribution in [1.82, 2.24) is 10.2 Å². The first-order chi connectivity index (χ1) is 15.7. The lowest BCUT2D eigenvalue weighted by molar-refractivity contribution is -0.142. The number of carbonyl (C=O) groups excluding carboxylic acids is 2. The van der Waals surface area contributed by atoms with Crippen LogP contribution in [0.1, 0.15) is 30.0 Å². The maximum atomic E-state index is 13.1. The van der Waals surface area contributed by atoms with Crippen molar-refractivity contribution in [3.05, 3.63) is 59.7 Å². The van der Waals surface area contributed by atoms with Crippen LogP contribution in [0, 0.1) is 0 Å². The molecular formula is C25H29N3O4. The Morgan fingerprint density at radius 2 is 1.81 bits per heavy atom. The number of rotatable bonds is 4. The Labute approximate surface area is 188 Å². The molecule has 5 rings (SSSR count). The van der Waals surface area contributed by atoms with Crippen LogP contribution in [0.15, 0.2) is 48.5 Å². The van der Waals surface area contributed by atoms with Gasteiger partial charge in [-0.3, -0.25) is 9.59 Å². The molecule has 0 saturated carbocycles. The van der Waals surface area contributed by atoms with Gasteiger partial charge in [0.25, 0.3) is 5.91 Å². The number of anilines is 1. The van der Waals surface area contributed by atoms with Crippen molar-refractivity contribution in [2.45, 2.75) is 31.4 Å². The number of nitrogens with one attached hydrogen (secondary N) is 1. The van der Waals surface area contributed by atoms with Gasteiger partial charge in [-0.1, -0.05) is 36.4 Å². The second kappa shape index (κ2) is 9.20. The van der Waals surface area contributed by atoms with Gasteiger partial charge in [0.2, 0.25) is 5.91 Å². The minimum atomic E-state index is -0.633. The van der Waals surface area contributed by atoms with E-state index in [2.05, 4.69) is 23.5 Å². The number of aryl methyl sites for hydroxylation is 1. The molecule has 7 heteroatoms. The van der Waals surface area contributed by atoms with Crippen molar-refractivity contribution in [2.75, 3.05) is 44.3 Å². The number of ether oxygens (including phenoxy) is 2. The fourth-order valence-electron chi connectivity index (χ4n) is 4.89. The zero-order chi connectivity index (χ0) is 21.9. The Balaban J connectivity index is 1.30. The third kappa shape index (κ3) is 4.30. The predicted octanol–water partition coefficient (Wildman–Crippen LogP) is 2.31. The predicted molar refractivity (Wildman–Crippen MR) is 121 cm³/mol. The van der Waals surface area contributed by atoms with Crippen molar-refractivity contribution in [3.63, 3.8) is 0 Å². The summed E-state index contributed by atoms with van der Waals surface area (Å²) in [6.45, 7) is 2.77. The molecule has 2 aromatic carbocycles. The van der Waals surface area contributed by atoms with E-state index in [4.69, 9.17) is 9.47 Å². The highest BCUT2D eigenvalue weighted by atomic mass is 16.5. The molecule has 168 valence electrons. The molecule has 7 nitrogen and oxygen atoms in total. The first kappa shape index (κ1) is 20.8. The van der Waals surface area contributed by atoms with Gasteiger partial charge in [-0.25, -0.2) is 0 Å². The quantitative estimate of drug-likeness (QED) is 0.798. The topological polar surface area (TPSA) is 71.1 Å². The van der Waals surface area contributed by atoms with Crippen molar-refractivity contribution in [1.29, 1.82) is 0 Å². The summed E-state index contributed by atoms with van der Waals surface area (Å²) in [5, 5.41) is 3.23. The van der Waals surface area contributed by atoms with E-state index in [0.29, 0.717) is 38.6 Å². The minimum Gasteiger partial charge on any atom is -0.477 e. The van der Waals surface area contributed by atoms with E-state index in [1.165, 1.54) is 11.1 Å². The van der Waals surface area contributed by atoms with E-state index in [-0.39, 0.29) is 24.4 Å². The highest BCUT2D eigenvalue weighted by Gasteiger charge is 2.35. The number of amides is 2. The van der Waals surface area contributed by atoms with E-state index < -0.39 is 6.10 Å². The lowest BCUT2D eigenvalue weighted by atomic mass is 9.88. The first-order valence-electron chi connectivity index (χ1n) is 11.4. The average Bonchev–Trinajstić information content (AvgIpc) is 2.84. The molecule has 2 heterocycles. The number of carbonyl (C=O) groups is 2. The number of nitrogens with zero attached hydrogens (tertiary/aromatic N) is 2.